The number of ether oxygens (including phenoxy) is 1. The Hall–Kier alpha value is -1.40. The summed E-state index contributed by atoms with van der Waals surface area (Å²) in [6.45, 7) is 5.93. The molecule has 100 valence electrons. The van der Waals surface area contributed by atoms with Crippen molar-refractivity contribution in [3.63, 3.8) is 0 Å². The van der Waals surface area contributed by atoms with E-state index in [2.05, 4.69) is 20.8 Å². The standard InChI is InChI=1S/C12H20N4O2/c1-12(2,18-3)7-14-11(17)10-8-6-13-5-4-9(8)15-16-10/h13H,4-7H2,1-3H3,(H,14,17)(H,15,16). The highest BCUT2D eigenvalue weighted by atomic mass is 16.5. The van der Waals surface area contributed by atoms with Crippen LogP contribution in [0.15, 0.2) is 0 Å². The normalized spacial score (nSPS) is 15.3. The largest absolute Gasteiger partial charge is 0.377 e. The fraction of sp³-hybridized carbons (Fsp3) is 0.667. The molecule has 1 aliphatic heterocycles. The molecule has 1 aromatic rings. The van der Waals surface area contributed by atoms with Gasteiger partial charge >= 0.3 is 0 Å². The highest BCUT2D eigenvalue weighted by Gasteiger charge is 2.23. The molecule has 2 rings (SSSR count). The van der Waals surface area contributed by atoms with Gasteiger partial charge in [0.05, 0.1) is 5.60 Å². The smallest absolute Gasteiger partial charge is 0.272 e. The molecule has 0 bridgehead atoms. The van der Waals surface area contributed by atoms with Crippen LogP contribution >= 0.6 is 0 Å². The third-order valence-corrected chi connectivity index (χ3v) is 3.25. The highest BCUT2D eigenvalue weighted by Crippen LogP contribution is 2.15. The number of carbonyl (C=O) groups is 1. The van der Waals surface area contributed by atoms with E-state index in [1.807, 2.05) is 13.8 Å². The van der Waals surface area contributed by atoms with Crippen molar-refractivity contribution in [1.82, 2.24) is 20.8 Å². The van der Waals surface area contributed by atoms with Crippen LogP contribution in [0.4, 0.5) is 0 Å². The Labute approximate surface area is 106 Å². The van der Waals surface area contributed by atoms with Gasteiger partial charge in [-0.1, -0.05) is 0 Å². The number of hydrogen-bond acceptors (Lipinski definition) is 4. The van der Waals surface area contributed by atoms with Crippen molar-refractivity contribution in [2.45, 2.75) is 32.4 Å². The second-order valence-corrected chi connectivity index (χ2v) is 5.10. The van der Waals surface area contributed by atoms with Crippen LogP contribution in [0.3, 0.4) is 0 Å². The minimum atomic E-state index is -0.371. The second-order valence-electron chi connectivity index (χ2n) is 5.10. The molecule has 1 aliphatic rings. The molecule has 0 spiro atoms. The van der Waals surface area contributed by atoms with Gasteiger partial charge in [-0.2, -0.15) is 5.10 Å². The third-order valence-electron chi connectivity index (χ3n) is 3.25. The number of carbonyl (C=O) groups excluding carboxylic acids is 1. The number of methoxy groups -OCH3 is 1. The number of amides is 1. The van der Waals surface area contributed by atoms with Crippen molar-refractivity contribution in [2.75, 3.05) is 20.2 Å². The number of rotatable bonds is 4. The quantitative estimate of drug-likeness (QED) is 0.716. The number of nitrogens with one attached hydrogen (secondary N) is 3. The molecule has 0 unspecified atom stereocenters. The van der Waals surface area contributed by atoms with Crippen molar-refractivity contribution in [3.05, 3.63) is 17.0 Å². The average Bonchev–Trinajstić information content (AvgIpc) is 2.80. The summed E-state index contributed by atoms with van der Waals surface area (Å²) in [5.74, 6) is -0.152. The zero-order valence-electron chi connectivity index (χ0n) is 11.1. The topological polar surface area (TPSA) is 79.0 Å². The molecule has 0 fully saturated rings. The number of aromatic nitrogens is 2. The summed E-state index contributed by atoms with van der Waals surface area (Å²) >= 11 is 0. The van der Waals surface area contributed by atoms with Crippen LogP contribution in [0.1, 0.15) is 35.6 Å². The van der Waals surface area contributed by atoms with Crippen molar-refractivity contribution in [3.8, 4) is 0 Å². The SMILES string of the molecule is COC(C)(C)CNC(=O)c1n[nH]c2c1CNCC2. The highest BCUT2D eigenvalue weighted by molar-refractivity contribution is 5.94. The summed E-state index contributed by atoms with van der Waals surface area (Å²) in [6.07, 6.45) is 0.888. The van der Waals surface area contributed by atoms with Crippen LogP contribution in [0, 0.1) is 0 Å². The van der Waals surface area contributed by atoms with E-state index in [4.69, 9.17) is 4.74 Å². The number of aromatic amines is 1. The van der Waals surface area contributed by atoms with Crippen molar-refractivity contribution in [2.24, 2.45) is 0 Å². The lowest BCUT2D eigenvalue weighted by Crippen LogP contribution is -2.40. The first-order valence-electron chi connectivity index (χ1n) is 6.14. The molecule has 0 radical (unpaired) electrons. The zero-order valence-corrected chi connectivity index (χ0v) is 11.1. The van der Waals surface area contributed by atoms with Crippen LogP contribution < -0.4 is 10.6 Å². The van der Waals surface area contributed by atoms with E-state index in [-0.39, 0.29) is 11.5 Å². The van der Waals surface area contributed by atoms with Gasteiger partial charge in [-0.25, -0.2) is 0 Å². The molecule has 0 atom stereocenters. The maximum atomic E-state index is 12.1. The molecule has 0 saturated carbocycles. The predicted molar refractivity (Wildman–Crippen MR) is 67.4 cm³/mol. The van der Waals surface area contributed by atoms with E-state index in [1.165, 1.54) is 0 Å². The maximum absolute atomic E-state index is 12.1. The van der Waals surface area contributed by atoms with Gasteiger partial charge in [0.15, 0.2) is 5.69 Å². The molecule has 1 amide bonds. The van der Waals surface area contributed by atoms with E-state index in [0.29, 0.717) is 18.8 Å². The monoisotopic (exact) mass is 252 g/mol. The van der Waals surface area contributed by atoms with Gasteiger partial charge in [0.1, 0.15) is 0 Å². The number of fused-ring (bicyclic) bond motifs is 1. The molecule has 6 nitrogen and oxygen atoms in total. The van der Waals surface area contributed by atoms with Gasteiger partial charge in [0.2, 0.25) is 0 Å². The number of nitrogens with zero attached hydrogens (tertiary/aromatic N) is 1. The molecule has 0 aromatic carbocycles. The van der Waals surface area contributed by atoms with E-state index >= 15 is 0 Å². The predicted octanol–water partition coefficient (Wildman–Crippen LogP) is 0.210. The van der Waals surface area contributed by atoms with Gasteiger partial charge < -0.3 is 15.4 Å². The minimum Gasteiger partial charge on any atom is -0.377 e. The van der Waals surface area contributed by atoms with Crippen LogP contribution in [-0.2, 0) is 17.7 Å². The Morgan fingerprint density at radius 3 is 3.06 bits per heavy atom. The Morgan fingerprint density at radius 2 is 2.33 bits per heavy atom. The number of H-pyrrole nitrogens is 1. The zero-order chi connectivity index (χ0) is 13.2. The lowest BCUT2D eigenvalue weighted by atomic mass is 10.1. The molecular weight excluding hydrogens is 232 g/mol. The van der Waals surface area contributed by atoms with Gasteiger partial charge in [0, 0.05) is 44.4 Å². The van der Waals surface area contributed by atoms with Crippen LogP contribution in [0.5, 0.6) is 0 Å². The Balaban J connectivity index is 2.03. The molecule has 2 heterocycles. The van der Waals surface area contributed by atoms with Crippen LogP contribution in [-0.4, -0.2) is 41.9 Å². The van der Waals surface area contributed by atoms with Crippen molar-refractivity contribution in [1.29, 1.82) is 0 Å². The second kappa shape index (κ2) is 5.07. The van der Waals surface area contributed by atoms with E-state index < -0.39 is 0 Å². The Morgan fingerprint density at radius 1 is 1.56 bits per heavy atom. The summed E-state index contributed by atoms with van der Waals surface area (Å²) in [5.41, 5.74) is 2.16. The third kappa shape index (κ3) is 2.70. The molecule has 1 aromatic heterocycles. The fourth-order valence-electron chi connectivity index (χ4n) is 1.86. The van der Waals surface area contributed by atoms with E-state index in [1.54, 1.807) is 7.11 Å². The van der Waals surface area contributed by atoms with E-state index in [9.17, 15) is 4.79 Å². The lowest BCUT2D eigenvalue weighted by molar-refractivity contribution is 0.0228. The summed E-state index contributed by atoms with van der Waals surface area (Å²) < 4.78 is 5.26. The maximum Gasteiger partial charge on any atom is 0.272 e. The fourth-order valence-corrected chi connectivity index (χ4v) is 1.86. The van der Waals surface area contributed by atoms with Crippen molar-refractivity contribution < 1.29 is 9.53 Å². The molecule has 0 saturated heterocycles. The Bertz CT molecular complexity index is 439. The Kier molecular flexibility index (Phi) is 3.68. The first-order chi connectivity index (χ1) is 8.53. The summed E-state index contributed by atoms with van der Waals surface area (Å²) in [6, 6.07) is 0. The minimum absolute atomic E-state index is 0.152. The van der Waals surface area contributed by atoms with Crippen LogP contribution in [0.2, 0.25) is 0 Å². The van der Waals surface area contributed by atoms with Gasteiger partial charge in [-0.05, 0) is 13.8 Å². The first-order valence-corrected chi connectivity index (χ1v) is 6.14. The van der Waals surface area contributed by atoms with Crippen molar-refractivity contribution >= 4 is 5.91 Å². The molecule has 3 N–H and O–H groups in total. The summed E-state index contributed by atoms with van der Waals surface area (Å²) in [4.78, 5) is 12.1. The molecular formula is C12H20N4O2. The lowest BCUT2D eigenvalue weighted by Gasteiger charge is -2.23. The molecule has 0 aliphatic carbocycles. The van der Waals surface area contributed by atoms with Gasteiger partial charge in [0.25, 0.3) is 5.91 Å². The van der Waals surface area contributed by atoms with Gasteiger partial charge in [-0.15, -0.1) is 0 Å². The summed E-state index contributed by atoms with van der Waals surface area (Å²) in [7, 11) is 1.63. The van der Waals surface area contributed by atoms with Gasteiger partial charge in [-0.3, -0.25) is 9.89 Å². The number of hydrogen-bond donors (Lipinski definition) is 3. The summed E-state index contributed by atoms with van der Waals surface area (Å²) in [5, 5.41) is 13.1. The molecule has 6 heteroatoms. The van der Waals surface area contributed by atoms with Crippen LogP contribution in [0.25, 0.3) is 0 Å². The molecule has 18 heavy (non-hydrogen) atoms. The van der Waals surface area contributed by atoms with E-state index in [0.717, 1.165) is 24.2 Å². The average molecular weight is 252 g/mol. The first kappa shape index (κ1) is 13.0.